The Labute approximate surface area is 210 Å². The van der Waals surface area contributed by atoms with E-state index in [1.165, 1.54) is 34.6 Å². The number of carbonyl (C=O) groups is 1. The molecule has 0 unspecified atom stereocenters. The molecule has 1 aromatic heterocycles. The predicted molar refractivity (Wildman–Crippen MR) is 137 cm³/mol. The van der Waals surface area contributed by atoms with Crippen LogP contribution >= 0.6 is 0 Å². The molecule has 0 amide bonds. The standard InChI is InChI=1S/C27H34FN5O3/c1-19(2)15-23(34)18-32-26(21-7-10-24(28)25(16-21)36-4)29-33(27(32)35)22-8-5-20(6-9-22)17-31-13-11-30(3)12-14-31/h5-10,16,19H,11-15,17-18H2,1-4H3. The van der Waals surface area contributed by atoms with Crippen molar-refractivity contribution < 1.29 is 13.9 Å². The lowest BCUT2D eigenvalue weighted by Gasteiger charge is -2.32. The Morgan fingerprint density at radius 3 is 2.42 bits per heavy atom. The van der Waals surface area contributed by atoms with Gasteiger partial charge in [0.1, 0.15) is 0 Å². The van der Waals surface area contributed by atoms with Gasteiger partial charge in [0.05, 0.1) is 19.3 Å². The summed E-state index contributed by atoms with van der Waals surface area (Å²) in [7, 11) is 3.51. The first kappa shape index (κ1) is 25.8. The largest absolute Gasteiger partial charge is 0.494 e. The van der Waals surface area contributed by atoms with Gasteiger partial charge in [0.15, 0.2) is 23.2 Å². The predicted octanol–water partition coefficient (Wildman–Crippen LogP) is 3.21. The minimum Gasteiger partial charge on any atom is -0.494 e. The van der Waals surface area contributed by atoms with Crippen LogP contribution in [0, 0.1) is 11.7 Å². The van der Waals surface area contributed by atoms with Crippen LogP contribution in [0.4, 0.5) is 4.39 Å². The molecule has 1 aliphatic rings. The number of ether oxygens (including phenoxy) is 1. The fourth-order valence-corrected chi connectivity index (χ4v) is 4.42. The lowest BCUT2D eigenvalue weighted by molar-refractivity contribution is -0.120. The Morgan fingerprint density at radius 2 is 1.78 bits per heavy atom. The average Bonchev–Trinajstić information content (AvgIpc) is 3.16. The van der Waals surface area contributed by atoms with Crippen molar-refractivity contribution in [1.29, 1.82) is 0 Å². The second-order valence-electron chi connectivity index (χ2n) is 9.84. The lowest BCUT2D eigenvalue weighted by atomic mass is 10.1. The van der Waals surface area contributed by atoms with E-state index in [1.54, 1.807) is 0 Å². The van der Waals surface area contributed by atoms with E-state index in [-0.39, 0.29) is 29.8 Å². The molecule has 0 saturated carbocycles. The van der Waals surface area contributed by atoms with Crippen molar-refractivity contribution in [3.8, 4) is 22.8 Å². The highest BCUT2D eigenvalue weighted by atomic mass is 19.1. The van der Waals surface area contributed by atoms with Gasteiger partial charge in [-0.1, -0.05) is 26.0 Å². The third kappa shape index (κ3) is 5.91. The van der Waals surface area contributed by atoms with Crippen molar-refractivity contribution in [3.05, 3.63) is 64.3 Å². The number of rotatable bonds is 9. The van der Waals surface area contributed by atoms with Crippen LogP contribution in [-0.2, 0) is 17.9 Å². The summed E-state index contributed by atoms with van der Waals surface area (Å²) in [5.74, 6) is -0.0731. The van der Waals surface area contributed by atoms with Gasteiger partial charge in [0, 0.05) is 44.7 Å². The number of piperazine rings is 1. The van der Waals surface area contributed by atoms with E-state index in [4.69, 9.17) is 4.74 Å². The topological polar surface area (TPSA) is 72.6 Å². The molecule has 0 spiro atoms. The second-order valence-corrected chi connectivity index (χ2v) is 9.84. The summed E-state index contributed by atoms with van der Waals surface area (Å²) in [4.78, 5) is 30.8. The van der Waals surface area contributed by atoms with E-state index in [0.29, 0.717) is 17.7 Å². The molecule has 1 aliphatic heterocycles. The van der Waals surface area contributed by atoms with E-state index >= 15 is 0 Å². The summed E-state index contributed by atoms with van der Waals surface area (Å²) < 4.78 is 21.8. The molecule has 9 heteroatoms. The van der Waals surface area contributed by atoms with Gasteiger partial charge in [0.25, 0.3) is 0 Å². The van der Waals surface area contributed by atoms with Crippen molar-refractivity contribution in [2.75, 3.05) is 40.3 Å². The van der Waals surface area contributed by atoms with Crippen molar-refractivity contribution in [3.63, 3.8) is 0 Å². The SMILES string of the molecule is COc1cc(-c2nn(-c3ccc(CN4CCN(C)CC4)cc3)c(=O)n2CC(=O)CC(C)C)ccc1F. The minimum atomic E-state index is -0.513. The van der Waals surface area contributed by atoms with Gasteiger partial charge in [-0.25, -0.2) is 9.18 Å². The quantitative estimate of drug-likeness (QED) is 0.454. The van der Waals surface area contributed by atoms with Gasteiger partial charge in [0.2, 0.25) is 0 Å². The monoisotopic (exact) mass is 495 g/mol. The van der Waals surface area contributed by atoms with E-state index in [0.717, 1.165) is 38.3 Å². The maximum absolute atomic E-state index is 14.0. The zero-order valence-electron chi connectivity index (χ0n) is 21.4. The van der Waals surface area contributed by atoms with Gasteiger partial charge >= 0.3 is 5.69 Å². The molecule has 1 saturated heterocycles. The number of Topliss-reactive ketones (excluding diaryl/α,β-unsaturated/α-hetero) is 1. The highest BCUT2D eigenvalue weighted by Crippen LogP contribution is 2.25. The Hall–Kier alpha value is -3.30. The van der Waals surface area contributed by atoms with Crippen LogP contribution in [-0.4, -0.2) is 70.3 Å². The van der Waals surface area contributed by atoms with Crippen molar-refractivity contribution >= 4 is 5.78 Å². The van der Waals surface area contributed by atoms with Crippen LogP contribution in [0.15, 0.2) is 47.3 Å². The van der Waals surface area contributed by atoms with Crippen molar-refractivity contribution in [2.45, 2.75) is 33.4 Å². The molecule has 2 heterocycles. The molecular formula is C27H34FN5O3. The first-order valence-electron chi connectivity index (χ1n) is 12.3. The van der Waals surface area contributed by atoms with Gasteiger partial charge in [-0.3, -0.25) is 14.3 Å². The fourth-order valence-electron chi connectivity index (χ4n) is 4.42. The van der Waals surface area contributed by atoms with Crippen molar-refractivity contribution in [2.24, 2.45) is 5.92 Å². The third-order valence-electron chi connectivity index (χ3n) is 6.43. The summed E-state index contributed by atoms with van der Waals surface area (Å²) in [6.07, 6.45) is 0.352. The van der Waals surface area contributed by atoms with Gasteiger partial charge in [-0.05, 0) is 48.9 Å². The molecule has 0 bridgehead atoms. The highest BCUT2D eigenvalue weighted by Gasteiger charge is 2.21. The minimum absolute atomic E-state index is 0.0443. The van der Waals surface area contributed by atoms with Crippen LogP contribution in [0.2, 0.25) is 0 Å². The smallest absolute Gasteiger partial charge is 0.351 e. The molecule has 4 rings (SSSR count). The molecule has 192 valence electrons. The Bertz CT molecular complexity index is 1260. The van der Waals surface area contributed by atoms with Crippen molar-refractivity contribution in [1.82, 2.24) is 24.1 Å². The maximum atomic E-state index is 14.0. The third-order valence-corrected chi connectivity index (χ3v) is 6.43. The molecular weight excluding hydrogens is 461 g/mol. The summed E-state index contributed by atoms with van der Waals surface area (Å²) in [5.41, 5.74) is 1.84. The molecule has 3 aromatic rings. The van der Waals surface area contributed by atoms with Crippen LogP contribution < -0.4 is 10.4 Å². The first-order valence-corrected chi connectivity index (χ1v) is 12.3. The number of hydrogen-bond donors (Lipinski definition) is 0. The molecule has 2 aromatic carbocycles. The molecule has 0 aliphatic carbocycles. The molecule has 1 fully saturated rings. The van der Waals surface area contributed by atoms with Gasteiger partial charge in [-0.15, -0.1) is 5.10 Å². The number of halogens is 1. The zero-order valence-corrected chi connectivity index (χ0v) is 21.4. The fraction of sp³-hybridized carbons (Fsp3) is 0.444. The Balaban J connectivity index is 1.66. The van der Waals surface area contributed by atoms with Gasteiger partial charge in [-0.2, -0.15) is 4.68 Å². The Morgan fingerprint density at radius 1 is 1.08 bits per heavy atom. The molecule has 0 atom stereocenters. The highest BCUT2D eigenvalue weighted by molar-refractivity contribution is 5.79. The van der Waals surface area contributed by atoms with E-state index in [1.807, 2.05) is 38.1 Å². The second kappa shape index (κ2) is 11.2. The number of methoxy groups -OCH3 is 1. The lowest BCUT2D eigenvalue weighted by Crippen LogP contribution is -2.43. The normalized spacial score (nSPS) is 14.9. The van der Waals surface area contributed by atoms with E-state index in [2.05, 4.69) is 21.9 Å². The number of likely N-dealkylation sites (N-methyl/N-ethyl adjacent to an activating group) is 1. The molecule has 36 heavy (non-hydrogen) atoms. The number of carbonyl (C=O) groups excluding carboxylic acids is 1. The summed E-state index contributed by atoms with van der Waals surface area (Å²) >= 11 is 0. The summed E-state index contributed by atoms with van der Waals surface area (Å²) in [6.45, 7) is 8.82. The summed E-state index contributed by atoms with van der Waals surface area (Å²) in [6, 6.07) is 12.0. The van der Waals surface area contributed by atoms with Crippen LogP contribution in [0.3, 0.4) is 0 Å². The summed E-state index contributed by atoms with van der Waals surface area (Å²) in [5, 5.41) is 4.56. The number of benzene rings is 2. The molecule has 8 nitrogen and oxygen atoms in total. The molecule has 0 radical (unpaired) electrons. The first-order chi connectivity index (χ1) is 17.2. The number of aromatic nitrogens is 3. The molecule has 0 N–H and O–H groups in total. The number of ketones is 1. The van der Waals surface area contributed by atoms with Gasteiger partial charge < -0.3 is 9.64 Å². The van der Waals surface area contributed by atoms with Crippen LogP contribution in [0.1, 0.15) is 25.8 Å². The number of hydrogen-bond acceptors (Lipinski definition) is 6. The van der Waals surface area contributed by atoms with E-state index < -0.39 is 11.5 Å². The Kier molecular flexibility index (Phi) is 8.01. The van der Waals surface area contributed by atoms with Crippen LogP contribution in [0.25, 0.3) is 17.1 Å². The number of nitrogens with zero attached hydrogens (tertiary/aromatic N) is 5. The zero-order chi connectivity index (χ0) is 25.8. The maximum Gasteiger partial charge on any atom is 0.351 e. The average molecular weight is 496 g/mol. The van der Waals surface area contributed by atoms with E-state index in [9.17, 15) is 14.0 Å². The van der Waals surface area contributed by atoms with Crippen LogP contribution in [0.5, 0.6) is 5.75 Å².